The first kappa shape index (κ1) is 12.7. The highest BCUT2D eigenvalue weighted by Gasteiger charge is 2.27. The van der Waals surface area contributed by atoms with Crippen LogP contribution >= 0.6 is 11.8 Å². The maximum absolute atomic E-state index is 9.25. The van der Waals surface area contributed by atoms with E-state index in [4.69, 9.17) is 5.73 Å². The summed E-state index contributed by atoms with van der Waals surface area (Å²) in [4.78, 5) is 13.1. The van der Waals surface area contributed by atoms with Crippen molar-refractivity contribution < 1.29 is 5.11 Å². The van der Waals surface area contributed by atoms with Gasteiger partial charge in [0.1, 0.15) is 5.52 Å². The van der Waals surface area contributed by atoms with Crippen LogP contribution in [0.1, 0.15) is 25.3 Å². The average Bonchev–Trinajstić information content (AvgIpc) is 3.04. The Kier molecular flexibility index (Phi) is 3.32. The number of rotatable bonds is 3. The molecule has 6 nitrogen and oxygen atoms in total. The predicted octanol–water partition coefficient (Wildman–Crippen LogP) is 1.46. The Morgan fingerprint density at radius 1 is 1.47 bits per heavy atom. The van der Waals surface area contributed by atoms with Gasteiger partial charge in [0, 0.05) is 12.6 Å². The molecule has 2 heterocycles. The maximum Gasteiger partial charge on any atom is 0.191 e. The molecule has 1 fully saturated rings. The summed E-state index contributed by atoms with van der Waals surface area (Å²) in [6.07, 6.45) is 6.80. The minimum Gasteiger partial charge on any atom is -0.396 e. The van der Waals surface area contributed by atoms with Gasteiger partial charge >= 0.3 is 0 Å². The number of nitrogens with two attached hydrogens (primary N) is 1. The van der Waals surface area contributed by atoms with E-state index in [9.17, 15) is 5.11 Å². The molecule has 0 amide bonds. The second kappa shape index (κ2) is 4.97. The molecule has 0 saturated heterocycles. The molecule has 1 saturated carbocycles. The van der Waals surface area contributed by atoms with Crippen LogP contribution in [0.4, 0.5) is 5.82 Å². The van der Waals surface area contributed by atoms with Crippen molar-refractivity contribution in [2.75, 3.05) is 18.6 Å². The van der Waals surface area contributed by atoms with Crippen molar-refractivity contribution >= 4 is 28.7 Å². The van der Waals surface area contributed by atoms with E-state index >= 15 is 0 Å². The van der Waals surface area contributed by atoms with Crippen molar-refractivity contribution in [2.24, 2.45) is 5.92 Å². The molecular weight excluding hydrogens is 262 g/mol. The Labute approximate surface area is 115 Å². The molecule has 0 aromatic carbocycles. The Bertz CT molecular complexity index is 599. The van der Waals surface area contributed by atoms with Gasteiger partial charge < -0.3 is 15.4 Å². The first-order valence-corrected chi connectivity index (χ1v) is 7.60. The summed E-state index contributed by atoms with van der Waals surface area (Å²) in [5, 5.41) is 9.92. The third-order valence-corrected chi connectivity index (χ3v) is 4.32. The van der Waals surface area contributed by atoms with Crippen LogP contribution in [-0.2, 0) is 0 Å². The van der Waals surface area contributed by atoms with Crippen LogP contribution < -0.4 is 5.73 Å². The van der Waals surface area contributed by atoms with Crippen molar-refractivity contribution in [3.8, 4) is 0 Å². The van der Waals surface area contributed by atoms with Gasteiger partial charge in [-0.25, -0.2) is 15.0 Å². The fourth-order valence-corrected chi connectivity index (χ4v) is 3.11. The molecule has 7 heteroatoms. The molecule has 2 atom stereocenters. The lowest BCUT2D eigenvalue weighted by Gasteiger charge is -2.12. The summed E-state index contributed by atoms with van der Waals surface area (Å²) in [6, 6.07) is 0.353. The van der Waals surface area contributed by atoms with Crippen molar-refractivity contribution in [3.05, 3.63) is 6.33 Å². The number of nitrogens with zero attached hydrogens (tertiary/aromatic N) is 4. The molecule has 2 unspecified atom stereocenters. The lowest BCUT2D eigenvalue weighted by molar-refractivity contribution is 0.226. The third kappa shape index (κ3) is 2.17. The van der Waals surface area contributed by atoms with Crippen LogP contribution in [0.5, 0.6) is 0 Å². The van der Waals surface area contributed by atoms with Crippen LogP contribution in [0.2, 0.25) is 0 Å². The molecular formula is C12H17N5OS. The fourth-order valence-electron chi connectivity index (χ4n) is 2.74. The minimum absolute atomic E-state index is 0.260. The highest BCUT2D eigenvalue weighted by molar-refractivity contribution is 7.98. The summed E-state index contributed by atoms with van der Waals surface area (Å²) in [7, 11) is 0. The van der Waals surface area contributed by atoms with Gasteiger partial charge in [-0.05, 0) is 31.4 Å². The van der Waals surface area contributed by atoms with Crippen LogP contribution in [0.3, 0.4) is 0 Å². The number of aliphatic hydroxyl groups excluding tert-OH is 1. The van der Waals surface area contributed by atoms with Gasteiger partial charge in [-0.1, -0.05) is 11.8 Å². The fraction of sp³-hybridized carbons (Fsp3) is 0.583. The molecule has 0 radical (unpaired) electrons. The summed E-state index contributed by atoms with van der Waals surface area (Å²) in [5.41, 5.74) is 7.40. The van der Waals surface area contributed by atoms with Gasteiger partial charge in [-0.2, -0.15) is 0 Å². The first-order chi connectivity index (χ1) is 9.22. The predicted molar refractivity (Wildman–Crippen MR) is 75.0 cm³/mol. The van der Waals surface area contributed by atoms with Gasteiger partial charge in [0.25, 0.3) is 0 Å². The zero-order valence-electron chi connectivity index (χ0n) is 10.8. The average molecular weight is 279 g/mol. The van der Waals surface area contributed by atoms with Crippen molar-refractivity contribution in [2.45, 2.75) is 30.5 Å². The molecule has 3 N–H and O–H groups in total. The Hall–Kier alpha value is -1.34. The van der Waals surface area contributed by atoms with E-state index < -0.39 is 0 Å². The SMILES string of the molecule is CSc1nc(N)c2ncn(C3CCC(CO)C3)c2n1. The van der Waals surface area contributed by atoms with Gasteiger partial charge in [-0.15, -0.1) is 0 Å². The van der Waals surface area contributed by atoms with Gasteiger partial charge in [0.2, 0.25) is 0 Å². The standard InChI is InChI=1S/C12H17N5OS/c1-19-12-15-10(13)9-11(16-12)17(6-14-9)8-3-2-7(4-8)5-18/h6-8,18H,2-5H2,1H3,(H2,13,15,16). The second-order valence-corrected chi connectivity index (χ2v) is 5.71. The van der Waals surface area contributed by atoms with E-state index in [1.54, 1.807) is 6.33 Å². The number of hydrogen-bond acceptors (Lipinski definition) is 6. The quantitative estimate of drug-likeness (QED) is 0.653. The van der Waals surface area contributed by atoms with Crippen LogP contribution in [-0.4, -0.2) is 37.5 Å². The molecule has 0 spiro atoms. The zero-order valence-corrected chi connectivity index (χ0v) is 11.6. The maximum atomic E-state index is 9.25. The van der Waals surface area contributed by atoms with Crippen LogP contribution in [0, 0.1) is 5.92 Å². The molecule has 102 valence electrons. The zero-order chi connectivity index (χ0) is 13.4. The summed E-state index contributed by atoms with van der Waals surface area (Å²) < 4.78 is 2.09. The number of hydrogen-bond donors (Lipinski definition) is 2. The number of thioether (sulfide) groups is 1. The number of aliphatic hydroxyl groups is 1. The highest BCUT2D eigenvalue weighted by Crippen LogP contribution is 2.36. The number of anilines is 1. The lowest BCUT2D eigenvalue weighted by atomic mass is 10.1. The minimum atomic E-state index is 0.260. The van der Waals surface area contributed by atoms with E-state index in [2.05, 4.69) is 19.5 Å². The van der Waals surface area contributed by atoms with Crippen molar-refractivity contribution in [1.82, 2.24) is 19.5 Å². The van der Waals surface area contributed by atoms with Crippen molar-refractivity contribution in [3.63, 3.8) is 0 Å². The van der Waals surface area contributed by atoms with Gasteiger partial charge in [-0.3, -0.25) is 0 Å². The molecule has 19 heavy (non-hydrogen) atoms. The van der Waals surface area contributed by atoms with E-state index in [1.165, 1.54) is 11.8 Å². The Balaban J connectivity index is 2.02. The summed E-state index contributed by atoms with van der Waals surface area (Å²) in [6.45, 7) is 0.260. The molecule has 0 bridgehead atoms. The number of fused-ring (bicyclic) bond motifs is 1. The van der Waals surface area contributed by atoms with Crippen molar-refractivity contribution in [1.29, 1.82) is 0 Å². The molecule has 2 aromatic rings. The normalized spacial score (nSPS) is 23.3. The second-order valence-electron chi connectivity index (χ2n) is 4.94. The molecule has 1 aliphatic carbocycles. The topological polar surface area (TPSA) is 89.8 Å². The smallest absolute Gasteiger partial charge is 0.191 e. The van der Waals surface area contributed by atoms with Gasteiger partial charge in [0.15, 0.2) is 16.6 Å². The summed E-state index contributed by atoms with van der Waals surface area (Å²) in [5.74, 6) is 0.825. The van der Waals surface area contributed by atoms with E-state index in [1.807, 2.05) is 6.26 Å². The number of imidazole rings is 1. The first-order valence-electron chi connectivity index (χ1n) is 6.37. The Morgan fingerprint density at radius 3 is 3.00 bits per heavy atom. The highest BCUT2D eigenvalue weighted by atomic mass is 32.2. The molecule has 1 aliphatic rings. The largest absolute Gasteiger partial charge is 0.396 e. The number of nitrogen functional groups attached to an aromatic ring is 1. The van der Waals surface area contributed by atoms with Crippen LogP contribution in [0.15, 0.2) is 11.5 Å². The third-order valence-electron chi connectivity index (χ3n) is 3.78. The van der Waals surface area contributed by atoms with E-state index in [0.29, 0.717) is 28.5 Å². The molecule has 3 rings (SSSR count). The van der Waals surface area contributed by atoms with E-state index in [-0.39, 0.29) is 6.61 Å². The summed E-state index contributed by atoms with van der Waals surface area (Å²) >= 11 is 1.47. The lowest BCUT2D eigenvalue weighted by Crippen LogP contribution is -2.07. The van der Waals surface area contributed by atoms with Gasteiger partial charge in [0.05, 0.1) is 6.33 Å². The number of aromatic nitrogens is 4. The molecule has 0 aliphatic heterocycles. The monoisotopic (exact) mass is 279 g/mol. The molecule has 2 aromatic heterocycles. The van der Waals surface area contributed by atoms with Crippen LogP contribution in [0.25, 0.3) is 11.2 Å². The van der Waals surface area contributed by atoms with E-state index in [0.717, 1.165) is 24.9 Å². The Morgan fingerprint density at radius 2 is 2.32 bits per heavy atom.